The van der Waals surface area contributed by atoms with E-state index in [4.69, 9.17) is 20.4 Å². The van der Waals surface area contributed by atoms with E-state index in [1.165, 1.54) is 10.9 Å². The Morgan fingerprint density at radius 2 is 1.54 bits per heavy atom. The molecular weight excluding hydrogens is 797 g/mol. The minimum Gasteiger partial charge on any atom is -0.508 e. The molecule has 16 nitrogen and oxygen atoms in total. The number of nitrogens with two attached hydrogens (primary N) is 1. The number of morpholine rings is 1. The number of likely N-dealkylation sites (tertiary alicyclic amines) is 1. The summed E-state index contributed by atoms with van der Waals surface area (Å²) in [6.07, 6.45) is 4.03. The van der Waals surface area contributed by atoms with Gasteiger partial charge in [-0.3, -0.25) is 19.4 Å². The van der Waals surface area contributed by atoms with Gasteiger partial charge in [-0.25, -0.2) is 19.9 Å². The zero-order valence-electron chi connectivity index (χ0n) is 34.6. The molecule has 0 spiro atoms. The van der Waals surface area contributed by atoms with E-state index in [1.807, 2.05) is 18.7 Å². The van der Waals surface area contributed by atoms with E-state index < -0.39 is 5.60 Å². The molecule has 7 heterocycles. The molecule has 3 fully saturated rings. The number of phenols is 2. The van der Waals surface area contributed by atoms with Gasteiger partial charge < -0.3 is 40.5 Å². The molecule has 3 saturated heterocycles. The van der Waals surface area contributed by atoms with Crippen LogP contribution in [-0.4, -0.2) is 138 Å². The van der Waals surface area contributed by atoms with Crippen molar-refractivity contribution in [2.24, 2.45) is 0 Å². The minimum atomic E-state index is -1.39. The van der Waals surface area contributed by atoms with E-state index in [1.54, 1.807) is 34.7 Å². The molecule has 0 atom stereocenters. The average molecular weight is 849 g/mol. The number of ether oxygens (including phenoxy) is 1. The summed E-state index contributed by atoms with van der Waals surface area (Å²) >= 11 is 1.70. The normalized spacial score (nSPS) is 18.6. The Kier molecular flexibility index (Phi) is 11.3. The fourth-order valence-corrected chi connectivity index (χ4v) is 10.0. The molecule has 4 aliphatic heterocycles. The van der Waals surface area contributed by atoms with E-state index in [9.17, 15) is 24.9 Å². The number of aromatic nitrogens is 4. The summed E-state index contributed by atoms with van der Waals surface area (Å²) in [4.78, 5) is 57.1. The molecule has 0 radical (unpaired) electrons. The van der Waals surface area contributed by atoms with Crippen molar-refractivity contribution in [2.75, 3.05) is 76.2 Å². The Morgan fingerprint density at radius 3 is 2.26 bits per heavy atom. The van der Waals surface area contributed by atoms with Gasteiger partial charge in [-0.1, -0.05) is 32.0 Å². The van der Waals surface area contributed by atoms with Gasteiger partial charge in [-0.15, -0.1) is 11.3 Å². The first-order valence-corrected chi connectivity index (χ1v) is 21.9. The van der Waals surface area contributed by atoms with Crippen LogP contribution in [0.25, 0.3) is 21.6 Å². The highest BCUT2D eigenvalue weighted by Crippen LogP contribution is 2.37. The highest BCUT2D eigenvalue weighted by molar-refractivity contribution is 7.19. The van der Waals surface area contributed by atoms with Crippen LogP contribution < -0.4 is 10.6 Å². The molecule has 9 rings (SSSR count). The number of piperazine rings is 1. The van der Waals surface area contributed by atoms with Crippen molar-refractivity contribution in [1.82, 2.24) is 39.5 Å². The summed E-state index contributed by atoms with van der Waals surface area (Å²) in [6, 6.07) is 11.2. The van der Waals surface area contributed by atoms with Crippen LogP contribution in [0.3, 0.4) is 0 Å². The van der Waals surface area contributed by atoms with E-state index >= 15 is 0 Å². The molecular formula is C44H52N10O6S. The van der Waals surface area contributed by atoms with Gasteiger partial charge in [0.15, 0.2) is 11.6 Å². The SMILES string of the molecule is CC(C)c1cc(C(=O)N2Cc3ccc(CN4CCC(O)(C(=O)N5CCN(Cc6cc7nc(-c8cnc(N)nc8)nc(N8CCOCC8)c7s6)CC5)CC4)cc3C2)c(O)cc1O. The van der Waals surface area contributed by atoms with Crippen LogP contribution in [0, 0.1) is 0 Å². The number of nitrogen functional groups attached to an aromatic ring is 1. The molecule has 320 valence electrons. The predicted octanol–water partition coefficient (Wildman–Crippen LogP) is 3.93. The van der Waals surface area contributed by atoms with Crippen LogP contribution in [0.2, 0.25) is 0 Å². The lowest BCUT2D eigenvalue weighted by molar-refractivity contribution is -0.158. The predicted molar refractivity (Wildman–Crippen MR) is 231 cm³/mol. The number of rotatable bonds is 9. The highest BCUT2D eigenvalue weighted by Gasteiger charge is 2.42. The summed E-state index contributed by atoms with van der Waals surface area (Å²) in [7, 11) is 0. The second kappa shape index (κ2) is 16.8. The van der Waals surface area contributed by atoms with Gasteiger partial charge in [0.05, 0.1) is 34.6 Å². The van der Waals surface area contributed by atoms with Crippen molar-refractivity contribution >= 4 is 45.1 Å². The van der Waals surface area contributed by atoms with Crippen LogP contribution in [-0.2, 0) is 35.7 Å². The molecule has 0 unspecified atom stereocenters. The van der Waals surface area contributed by atoms with Crippen molar-refractivity contribution in [3.8, 4) is 22.9 Å². The molecule has 3 aromatic heterocycles. The Morgan fingerprint density at radius 1 is 0.836 bits per heavy atom. The van der Waals surface area contributed by atoms with Crippen LogP contribution in [0.5, 0.6) is 11.5 Å². The third-order valence-electron chi connectivity index (χ3n) is 12.4. The summed E-state index contributed by atoms with van der Waals surface area (Å²) in [5, 5.41) is 32.4. The van der Waals surface area contributed by atoms with E-state index in [-0.39, 0.29) is 40.7 Å². The minimum absolute atomic E-state index is 0.00319. The average Bonchev–Trinajstić information content (AvgIpc) is 3.88. The summed E-state index contributed by atoms with van der Waals surface area (Å²) in [5.41, 5.74) is 9.96. The number of aliphatic hydroxyl groups is 1. The number of phenolic OH excluding ortho intramolecular Hbond substituents is 2. The number of benzene rings is 2. The van der Waals surface area contributed by atoms with Crippen molar-refractivity contribution in [3.05, 3.63) is 81.5 Å². The quantitative estimate of drug-likeness (QED) is 0.167. The monoisotopic (exact) mass is 848 g/mol. The van der Waals surface area contributed by atoms with E-state index in [0.717, 1.165) is 52.4 Å². The van der Waals surface area contributed by atoms with Gasteiger partial charge in [0.1, 0.15) is 17.1 Å². The van der Waals surface area contributed by atoms with Gasteiger partial charge in [0, 0.05) is 102 Å². The number of fused-ring (bicyclic) bond motifs is 2. The molecule has 0 bridgehead atoms. The Balaban J connectivity index is 0.781. The second-order valence-electron chi connectivity index (χ2n) is 17.0. The largest absolute Gasteiger partial charge is 0.508 e. The molecule has 0 saturated carbocycles. The van der Waals surface area contributed by atoms with Crippen molar-refractivity contribution in [1.29, 1.82) is 0 Å². The number of amides is 2. The number of anilines is 2. The van der Waals surface area contributed by atoms with Gasteiger partial charge in [0.2, 0.25) is 5.95 Å². The third kappa shape index (κ3) is 8.44. The lowest BCUT2D eigenvalue weighted by atomic mass is 9.89. The first-order valence-electron chi connectivity index (χ1n) is 21.0. The third-order valence-corrected chi connectivity index (χ3v) is 13.6. The molecule has 61 heavy (non-hydrogen) atoms. The van der Waals surface area contributed by atoms with Gasteiger partial charge >= 0.3 is 0 Å². The van der Waals surface area contributed by atoms with Crippen molar-refractivity contribution in [2.45, 2.75) is 64.4 Å². The Bertz CT molecular complexity index is 2440. The van der Waals surface area contributed by atoms with Gasteiger partial charge in [-0.05, 0) is 53.1 Å². The first-order chi connectivity index (χ1) is 29.4. The number of piperidine rings is 1. The van der Waals surface area contributed by atoms with Crippen LogP contribution >= 0.6 is 11.3 Å². The number of carbonyl (C=O) groups excluding carboxylic acids is 2. The summed E-state index contributed by atoms with van der Waals surface area (Å²) in [5.74, 6) is 0.928. The molecule has 17 heteroatoms. The number of hydrogen-bond donors (Lipinski definition) is 4. The lowest BCUT2D eigenvalue weighted by Crippen LogP contribution is -2.58. The van der Waals surface area contributed by atoms with Gasteiger partial charge in [0.25, 0.3) is 11.8 Å². The number of carbonyl (C=O) groups is 2. The molecule has 4 aliphatic rings. The number of thiophene rings is 1. The van der Waals surface area contributed by atoms with Crippen molar-refractivity contribution < 1.29 is 29.6 Å². The zero-order chi connectivity index (χ0) is 42.4. The molecule has 0 aliphatic carbocycles. The maximum Gasteiger partial charge on any atom is 0.258 e. The standard InChI is InChI=1S/C44H52N10O6S/c1-27(2)33-19-34(37(56)20-36(33)55)41(57)54-24-29-4-3-28(17-30(29)25-54)23-50-7-5-44(59,6-8-50)42(58)53-11-9-51(10-12-53)26-32-18-35-38(61-32)40(52-13-15-60-16-14-52)49-39(48-35)31-21-46-43(45)47-22-31/h3-4,17-22,27,55-56,59H,5-16,23-26H2,1-2H3,(H2,45,46,47). The van der Waals surface area contributed by atoms with Crippen LogP contribution in [0.1, 0.15) is 70.1 Å². The molecule has 2 amide bonds. The van der Waals surface area contributed by atoms with Crippen LogP contribution in [0.15, 0.2) is 48.8 Å². The maximum absolute atomic E-state index is 13.8. The van der Waals surface area contributed by atoms with Crippen LogP contribution in [0.4, 0.5) is 11.8 Å². The number of hydrogen-bond acceptors (Lipinski definition) is 15. The Hall–Kier alpha value is -5.46. The summed E-state index contributed by atoms with van der Waals surface area (Å²) in [6.45, 7) is 12.6. The lowest BCUT2D eigenvalue weighted by Gasteiger charge is -2.42. The van der Waals surface area contributed by atoms with E-state index in [2.05, 4.69) is 48.9 Å². The summed E-state index contributed by atoms with van der Waals surface area (Å²) < 4.78 is 6.65. The highest BCUT2D eigenvalue weighted by atomic mass is 32.1. The number of nitrogens with zero attached hydrogens (tertiary/aromatic N) is 9. The topological polar surface area (TPSA) is 198 Å². The first kappa shape index (κ1) is 40.9. The number of aromatic hydroxyl groups is 2. The molecule has 5 aromatic rings. The smallest absolute Gasteiger partial charge is 0.258 e. The Labute approximate surface area is 358 Å². The van der Waals surface area contributed by atoms with E-state index in [0.29, 0.717) is 102 Å². The van der Waals surface area contributed by atoms with Gasteiger partial charge in [-0.2, -0.15) is 0 Å². The fraction of sp³-hybridized carbons (Fsp3) is 0.455. The molecule has 5 N–H and O–H groups in total. The maximum atomic E-state index is 13.8. The fourth-order valence-electron chi connectivity index (χ4n) is 8.88. The van der Waals surface area contributed by atoms with Crippen molar-refractivity contribution in [3.63, 3.8) is 0 Å². The zero-order valence-corrected chi connectivity index (χ0v) is 35.4. The second-order valence-corrected chi connectivity index (χ2v) is 18.1. The molecule has 2 aromatic carbocycles.